The van der Waals surface area contributed by atoms with E-state index >= 15 is 0 Å². The van der Waals surface area contributed by atoms with Crippen molar-refractivity contribution in [1.82, 2.24) is 0 Å². The minimum Gasteiger partial charge on any atom is -0.468 e. The van der Waals surface area contributed by atoms with Crippen LogP contribution in [-0.2, 0) is 25.1 Å². The molecule has 0 aromatic heterocycles. The van der Waals surface area contributed by atoms with E-state index in [9.17, 15) is 13.2 Å². The minimum absolute atomic E-state index is 0.126. The molecule has 0 amide bonds. The lowest BCUT2D eigenvalue weighted by molar-refractivity contribution is -0.140. The van der Waals surface area contributed by atoms with Gasteiger partial charge in [0.05, 0.1) is 12.9 Å². The number of carbonyl (C=O) groups excluding carboxylic acids is 1. The quantitative estimate of drug-likeness (QED) is 0.726. The third-order valence-electron chi connectivity index (χ3n) is 3.37. The monoisotopic (exact) mass is 312 g/mol. The first-order valence-electron chi connectivity index (χ1n) is 7.16. The second-order valence-electron chi connectivity index (χ2n) is 5.46. The van der Waals surface area contributed by atoms with Gasteiger partial charge in [0.15, 0.2) is 15.1 Å². The lowest BCUT2D eigenvalue weighted by atomic mass is 10.1. The van der Waals surface area contributed by atoms with Crippen molar-refractivity contribution in [3.8, 4) is 0 Å². The van der Waals surface area contributed by atoms with Crippen molar-refractivity contribution < 1.29 is 17.9 Å². The number of methoxy groups -OCH3 is 1. The van der Waals surface area contributed by atoms with Crippen LogP contribution in [0.15, 0.2) is 18.2 Å². The van der Waals surface area contributed by atoms with Crippen molar-refractivity contribution in [2.75, 3.05) is 7.11 Å². The molecule has 0 aliphatic rings. The Labute approximate surface area is 127 Å². The molecule has 118 valence electrons. The van der Waals surface area contributed by atoms with Crippen molar-refractivity contribution in [3.05, 3.63) is 34.9 Å². The van der Waals surface area contributed by atoms with E-state index in [1.54, 1.807) is 0 Å². The van der Waals surface area contributed by atoms with Gasteiger partial charge in [0.25, 0.3) is 0 Å². The number of unbranched alkanes of at least 4 members (excludes halogenated alkanes) is 1. The number of ether oxygens (including phenoxy) is 1. The zero-order valence-corrected chi connectivity index (χ0v) is 14.0. The Morgan fingerprint density at radius 1 is 1.19 bits per heavy atom. The average molecular weight is 312 g/mol. The van der Waals surface area contributed by atoms with Crippen LogP contribution in [0.5, 0.6) is 0 Å². The summed E-state index contributed by atoms with van der Waals surface area (Å²) in [5.74, 6) is -0.785. The summed E-state index contributed by atoms with van der Waals surface area (Å²) in [6.07, 6.45) is 1.84. The minimum atomic E-state index is -3.57. The highest BCUT2D eigenvalue weighted by molar-refractivity contribution is 7.92. The number of hydrogen-bond donors (Lipinski definition) is 0. The molecule has 5 heteroatoms. The predicted octanol–water partition coefficient (Wildman–Crippen LogP) is 2.95. The fraction of sp³-hybridized carbons (Fsp3) is 0.562. The molecule has 0 spiro atoms. The molecule has 21 heavy (non-hydrogen) atoms. The lowest BCUT2D eigenvalue weighted by Crippen LogP contribution is -2.32. The third kappa shape index (κ3) is 5.16. The van der Waals surface area contributed by atoms with E-state index in [1.807, 2.05) is 39.0 Å². The molecule has 0 radical (unpaired) electrons. The van der Waals surface area contributed by atoms with Crippen molar-refractivity contribution in [2.45, 2.75) is 51.0 Å². The Morgan fingerprint density at radius 3 is 2.24 bits per heavy atom. The highest BCUT2D eigenvalue weighted by Crippen LogP contribution is 2.19. The first-order chi connectivity index (χ1) is 9.80. The fourth-order valence-electron chi connectivity index (χ4n) is 2.45. The molecule has 0 fully saturated rings. The Hall–Kier alpha value is -1.36. The highest BCUT2D eigenvalue weighted by Gasteiger charge is 2.33. The number of aryl methyl sites for hydroxylation is 2. The first-order valence-corrected chi connectivity index (χ1v) is 8.88. The molecule has 0 saturated heterocycles. The summed E-state index contributed by atoms with van der Waals surface area (Å²) >= 11 is 0. The summed E-state index contributed by atoms with van der Waals surface area (Å²) in [6, 6.07) is 5.68. The molecule has 0 aliphatic carbocycles. The summed E-state index contributed by atoms with van der Waals surface area (Å²) < 4.78 is 29.7. The first kappa shape index (κ1) is 17.7. The van der Waals surface area contributed by atoms with Gasteiger partial charge in [-0.3, -0.25) is 4.79 Å². The standard InChI is InChI=1S/C16H24O4S/c1-5-6-7-15(16(17)20-4)21(18,19)11-14-9-12(2)8-13(3)10-14/h8-10,15H,5-7,11H2,1-4H3. The molecule has 0 heterocycles. The third-order valence-corrected chi connectivity index (χ3v) is 5.40. The van der Waals surface area contributed by atoms with Crippen molar-refractivity contribution in [1.29, 1.82) is 0 Å². The van der Waals surface area contributed by atoms with Crippen LogP contribution in [0.2, 0.25) is 0 Å². The van der Waals surface area contributed by atoms with Gasteiger partial charge in [-0.1, -0.05) is 49.1 Å². The molecular formula is C16H24O4S. The molecule has 0 bridgehead atoms. The van der Waals surface area contributed by atoms with Crippen LogP contribution in [0.25, 0.3) is 0 Å². The summed E-state index contributed by atoms with van der Waals surface area (Å²) in [6.45, 7) is 5.82. The predicted molar refractivity (Wildman–Crippen MR) is 83.9 cm³/mol. The lowest BCUT2D eigenvalue weighted by Gasteiger charge is -2.15. The van der Waals surface area contributed by atoms with E-state index in [-0.39, 0.29) is 5.75 Å². The van der Waals surface area contributed by atoms with E-state index in [0.717, 1.165) is 23.1 Å². The number of rotatable bonds is 7. The largest absolute Gasteiger partial charge is 0.468 e. The second-order valence-corrected chi connectivity index (χ2v) is 7.64. The van der Waals surface area contributed by atoms with E-state index in [2.05, 4.69) is 4.74 Å². The SMILES string of the molecule is CCCCC(C(=O)OC)S(=O)(=O)Cc1cc(C)cc(C)c1. The van der Waals surface area contributed by atoms with Crippen LogP contribution in [0, 0.1) is 13.8 Å². The average Bonchev–Trinajstić information content (AvgIpc) is 2.36. The van der Waals surface area contributed by atoms with Crippen LogP contribution in [0.3, 0.4) is 0 Å². The van der Waals surface area contributed by atoms with E-state index < -0.39 is 21.1 Å². The fourth-order valence-corrected chi connectivity index (χ4v) is 4.20. The maximum absolute atomic E-state index is 12.5. The highest BCUT2D eigenvalue weighted by atomic mass is 32.2. The van der Waals surface area contributed by atoms with Gasteiger partial charge in [0.2, 0.25) is 0 Å². The summed E-state index contributed by atoms with van der Waals surface area (Å²) in [4.78, 5) is 11.8. The van der Waals surface area contributed by atoms with E-state index in [0.29, 0.717) is 12.8 Å². The number of sulfone groups is 1. The number of benzene rings is 1. The molecule has 0 aliphatic heterocycles. The Bertz CT molecular complexity index is 570. The van der Waals surface area contributed by atoms with Crippen LogP contribution in [-0.4, -0.2) is 26.7 Å². The van der Waals surface area contributed by atoms with E-state index in [4.69, 9.17) is 0 Å². The molecule has 1 atom stereocenters. The summed E-state index contributed by atoms with van der Waals surface area (Å²) in [7, 11) is -2.34. The summed E-state index contributed by atoms with van der Waals surface area (Å²) in [5, 5.41) is -1.07. The summed E-state index contributed by atoms with van der Waals surface area (Å²) in [5.41, 5.74) is 2.75. The van der Waals surface area contributed by atoms with Crippen molar-refractivity contribution in [2.24, 2.45) is 0 Å². The van der Waals surface area contributed by atoms with Gasteiger partial charge >= 0.3 is 5.97 Å². The zero-order chi connectivity index (χ0) is 16.0. The van der Waals surface area contributed by atoms with Gasteiger partial charge in [0, 0.05) is 0 Å². The second kappa shape index (κ2) is 7.59. The molecule has 1 unspecified atom stereocenters. The maximum Gasteiger partial charge on any atom is 0.324 e. The molecule has 0 N–H and O–H groups in total. The Balaban J connectivity index is 3.02. The molecule has 4 nitrogen and oxygen atoms in total. The van der Waals surface area contributed by atoms with E-state index in [1.165, 1.54) is 7.11 Å². The van der Waals surface area contributed by atoms with Gasteiger partial charge < -0.3 is 4.74 Å². The number of carbonyl (C=O) groups is 1. The van der Waals surface area contributed by atoms with Crippen LogP contribution >= 0.6 is 0 Å². The number of hydrogen-bond acceptors (Lipinski definition) is 4. The van der Waals surface area contributed by atoms with Gasteiger partial charge in [0.1, 0.15) is 0 Å². The molecule has 0 saturated carbocycles. The van der Waals surface area contributed by atoms with Crippen LogP contribution in [0.1, 0.15) is 42.9 Å². The van der Waals surface area contributed by atoms with Gasteiger partial charge in [-0.25, -0.2) is 8.42 Å². The normalized spacial score (nSPS) is 13.0. The van der Waals surface area contributed by atoms with Gasteiger partial charge in [-0.15, -0.1) is 0 Å². The molecule has 1 rings (SSSR count). The molecule has 1 aromatic carbocycles. The Morgan fingerprint density at radius 2 is 1.76 bits per heavy atom. The molecular weight excluding hydrogens is 288 g/mol. The van der Waals surface area contributed by atoms with Gasteiger partial charge in [-0.2, -0.15) is 0 Å². The smallest absolute Gasteiger partial charge is 0.324 e. The van der Waals surface area contributed by atoms with Gasteiger partial charge in [-0.05, 0) is 25.8 Å². The van der Waals surface area contributed by atoms with Crippen molar-refractivity contribution >= 4 is 15.8 Å². The van der Waals surface area contributed by atoms with Crippen LogP contribution < -0.4 is 0 Å². The Kier molecular flexibility index (Phi) is 6.40. The molecule has 1 aromatic rings. The van der Waals surface area contributed by atoms with Crippen molar-refractivity contribution in [3.63, 3.8) is 0 Å². The maximum atomic E-state index is 12.5. The zero-order valence-electron chi connectivity index (χ0n) is 13.2. The topological polar surface area (TPSA) is 60.4 Å². The number of esters is 1. The van der Waals surface area contributed by atoms with Crippen LogP contribution in [0.4, 0.5) is 0 Å².